The summed E-state index contributed by atoms with van der Waals surface area (Å²) < 4.78 is 5.74. The zero-order valence-electron chi connectivity index (χ0n) is 10.8. The molecule has 0 unspecified atom stereocenters. The molecule has 0 atom stereocenters. The molecule has 96 valence electrons. The second kappa shape index (κ2) is 6.01. The Morgan fingerprint density at radius 3 is 2.79 bits per heavy atom. The van der Waals surface area contributed by atoms with Gasteiger partial charge in [0.05, 0.1) is 18.2 Å². The van der Waals surface area contributed by atoms with Gasteiger partial charge in [-0.3, -0.25) is 4.79 Å². The Kier molecular flexibility index (Phi) is 4.15. The molecule has 0 saturated heterocycles. The number of carbonyl (C=O) groups is 1. The first-order valence-electron chi connectivity index (χ1n) is 6.26. The second-order valence-electron chi connectivity index (χ2n) is 4.33. The van der Waals surface area contributed by atoms with Gasteiger partial charge in [0.2, 0.25) is 0 Å². The standard InChI is InChI=1S/C16H15NO2/c1-12(18)14-9-8-13-6-2-3-7-15(13)16(14)19-11-5-4-10-17/h2-3,6-9H,4-5,11H2,1H3. The number of rotatable bonds is 5. The quantitative estimate of drug-likeness (QED) is 0.602. The smallest absolute Gasteiger partial charge is 0.163 e. The summed E-state index contributed by atoms with van der Waals surface area (Å²) in [6, 6.07) is 13.6. The van der Waals surface area contributed by atoms with Crippen molar-refractivity contribution in [2.45, 2.75) is 19.8 Å². The van der Waals surface area contributed by atoms with Gasteiger partial charge < -0.3 is 4.74 Å². The molecule has 0 aliphatic rings. The molecule has 0 aliphatic carbocycles. The van der Waals surface area contributed by atoms with Gasteiger partial charge in [0.25, 0.3) is 0 Å². The largest absolute Gasteiger partial charge is 0.492 e. The Hall–Kier alpha value is -2.34. The molecule has 2 aromatic carbocycles. The average Bonchev–Trinajstić information content (AvgIpc) is 2.43. The van der Waals surface area contributed by atoms with Crippen molar-refractivity contribution in [3.05, 3.63) is 42.0 Å². The van der Waals surface area contributed by atoms with Crippen molar-refractivity contribution in [1.82, 2.24) is 0 Å². The Morgan fingerprint density at radius 2 is 2.05 bits per heavy atom. The number of ether oxygens (including phenoxy) is 1. The molecule has 2 rings (SSSR count). The number of benzene rings is 2. The van der Waals surface area contributed by atoms with Crippen LogP contribution in [0, 0.1) is 11.3 Å². The molecule has 3 heteroatoms. The lowest BCUT2D eigenvalue weighted by molar-refractivity contribution is 0.101. The molecular formula is C16H15NO2. The maximum atomic E-state index is 11.7. The number of fused-ring (bicyclic) bond motifs is 1. The van der Waals surface area contributed by atoms with Gasteiger partial charge in [-0.2, -0.15) is 5.26 Å². The number of hydrogen-bond donors (Lipinski definition) is 0. The number of hydrogen-bond acceptors (Lipinski definition) is 3. The Balaban J connectivity index is 2.39. The van der Waals surface area contributed by atoms with E-state index < -0.39 is 0 Å². The fraction of sp³-hybridized carbons (Fsp3) is 0.250. The minimum Gasteiger partial charge on any atom is -0.492 e. The Morgan fingerprint density at radius 1 is 1.26 bits per heavy atom. The lowest BCUT2D eigenvalue weighted by Gasteiger charge is -2.12. The van der Waals surface area contributed by atoms with E-state index in [0.29, 0.717) is 30.8 Å². The molecule has 0 fully saturated rings. The summed E-state index contributed by atoms with van der Waals surface area (Å²) in [5, 5.41) is 10.5. The normalized spacial score (nSPS) is 10.1. The zero-order valence-corrected chi connectivity index (χ0v) is 10.8. The van der Waals surface area contributed by atoms with Crippen LogP contribution >= 0.6 is 0 Å². The predicted octanol–water partition coefficient (Wildman–Crippen LogP) is 3.72. The maximum Gasteiger partial charge on any atom is 0.163 e. The number of nitrogens with zero attached hydrogens (tertiary/aromatic N) is 1. The number of carbonyl (C=O) groups excluding carboxylic acids is 1. The van der Waals surface area contributed by atoms with Gasteiger partial charge in [0, 0.05) is 11.8 Å². The fourth-order valence-electron chi connectivity index (χ4n) is 2.00. The SMILES string of the molecule is CC(=O)c1ccc2ccccc2c1OCCCC#N. The number of nitriles is 1. The van der Waals surface area contributed by atoms with Crippen LogP contribution in [0.4, 0.5) is 0 Å². The first-order chi connectivity index (χ1) is 9.24. The maximum absolute atomic E-state index is 11.7. The highest BCUT2D eigenvalue weighted by Crippen LogP contribution is 2.30. The molecule has 2 aromatic rings. The third-order valence-electron chi connectivity index (χ3n) is 2.94. The predicted molar refractivity (Wildman–Crippen MR) is 74.3 cm³/mol. The van der Waals surface area contributed by atoms with Crippen molar-refractivity contribution in [2.75, 3.05) is 6.61 Å². The molecule has 0 saturated carbocycles. The highest BCUT2D eigenvalue weighted by atomic mass is 16.5. The lowest BCUT2D eigenvalue weighted by Crippen LogP contribution is -2.03. The molecule has 0 radical (unpaired) electrons. The second-order valence-corrected chi connectivity index (χ2v) is 4.33. The van der Waals surface area contributed by atoms with Crippen LogP contribution in [-0.4, -0.2) is 12.4 Å². The van der Waals surface area contributed by atoms with E-state index in [9.17, 15) is 4.79 Å². The molecule has 0 aliphatic heterocycles. The van der Waals surface area contributed by atoms with E-state index in [4.69, 9.17) is 10.00 Å². The molecule has 0 bridgehead atoms. The highest BCUT2D eigenvalue weighted by Gasteiger charge is 2.12. The molecular weight excluding hydrogens is 238 g/mol. The highest BCUT2D eigenvalue weighted by molar-refractivity contribution is 6.03. The number of Topliss-reactive ketones (excluding diaryl/α,β-unsaturated/α-hetero) is 1. The summed E-state index contributed by atoms with van der Waals surface area (Å²) in [4.78, 5) is 11.7. The first kappa shape index (κ1) is 13.1. The van der Waals surface area contributed by atoms with Crippen LogP contribution in [0.15, 0.2) is 36.4 Å². The van der Waals surface area contributed by atoms with Crippen LogP contribution in [0.25, 0.3) is 10.8 Å². The van der Waals surface area contributed by atoms with E-state index in [1.165, 1.54) is 6.92 Å². The monoisotopic (exact) mass is 253 g/mol. The van der Waals surface area contributed by atoms with Gasteiger partial charge in [0.15, 0.2) is 5.78 Å². The van der Waals surface area contributed by atoms with Crippen molar-refractivity contribution in [3.63, 3.8) is 0 Å². The average molecular weight is 253 g/mol. The van der Waals surface area contributed by atoms with Crippen molar-refractivity contribution < 1.29 is 9.53 Å². The van der Waals surface area contributed by atoms with E-state index in [1.54, 1.807) is 6.07 Å². The van der Waals surface area contributed by atoms with Gasteiger partial charge in [-0.1, -0.05) is 30.3 Å². The van der Waals surface area contributed by atoms with E-state index in [1.807, 2.05) is 30.3 Å². The summed E-state index contributed by atoms with van der Waals surface area (Å²) >= 11 is 0. The summed E-state index contributed by atoms with van der Waals surface area (Å²) in [6.07, 6.45) is 1.12. The van der Waals surface area contributed by atoms with Gasteiger partial charge in [-0.15, -0.1) is 0 Å². The van der Waals surface area contributed by atoms with Gasteiger partial charge in [0.1, 0.15) is 5.75 Å². The van der Waals surface area contributed by atoms with Crippen molar-refractivity contribution in [2.24, 2.45) is 0 Å². The van der Waals surface area contributed by atoms with E-state index in [-0.39, 0.29) is 5.78 Å². The number of unbranched alkanes of at least 4 members (excludes halogenated alkanes) is 1. The minimum absolute atomic E-state index is 0.0129. The Labute approximate surface area is 112 Å². The third-order valence-corrected chi connectivity index (χ3v) is 2.94. The first-order valence-corrected chi connectivity index (χ1v) is 6.26. The molecule has 0 aromatic heterocycles. The van der Waals surface area contributed by atoms with Gasteiger partial charge in [-0.25, -0.2) is 0 Å². The topological polar surface area (TPSA) is 50.1 Å². The van der Waals surface area contributed by atoms with E-state index in [0.717, 1.165) is 10.8 Å². The zero-order chi connectivity index (χ0) is 13.7. The lowest BCUT2D eigenvalue weighted by atomic mass is 10.0. The number of ketones is 1. The summed E-state index contributed by atoms with van der Waals surface area (Å²) in [7, 11) is 0. The minimum atomic E-state index is -0.0129. The van der Waals surface area contributed by atoms with Crippen LogP contribution < -0.4 is 4.74 Å². The molecule has 0 heterocycles. The van der Waals surface area contributed by atoms with Gasteiger partial charge in [-0.05, 0) is 24.8 Å². The van der Waals surface area contributed by atoms with Crippen molar-refractivity contribution in [3.8, 4) is 11.8 Å². The summed E-state index contributed by atoms with van der Waals surface area (Å²) in [6.45, 7) is 1.98. The van der Waals surface area contributed by atoms with Crippen LogP contribution in [0.5, 0.6) is 5.75 Å². The van der Waals surface area contributed by atoms with Crippen LogP contribution in [0.3, 0.4) is 0 Å². The molecule has 19 heavy (non-hydrogen) atoms. The van der Waals surface area contributed by atoms with E-state index >= 15 is 0 Å². The molecule has 0 amide bonds. The summed E-state index contributed by atoms with van der Waals surface area (Å²) in [5.41, 5.74) is 0.593. The fourth-order valence-corrected chi connectivity index (χ4v) is 2.00. The molecule has 0 spiro atoms. The summed E-state index contributed by atoms with van der Waals surface area (Å²) in [5.74, 6) is 0.615. The Bertz CT molecular complexity index is 641. The van der Waals surface area contributed by atoms with E-state index in [2.05, 4.69) is 6.07 Å². The van der Waals surface area contributed by atoms with Crippen molar-refractivity contribution in [1.29, 1.82) is 5.26 Å². The third kappa shape index (κ3) is 2.92. The van der Waals surface area contributed by atoms with Crippen molar-refractivity contribution >= 4 is 16.6 Å². The van der Waals surface area contributed by atoms with Crippen LogP contribution in [-0.2, 0) is 0 Å². The molecule has 0 N–H and O–H groups in total. The molecule has 3 nitrogen and oxygen atoms in total. The van der Waals surface area contributed by atoms with Crippen LogP contribution in [0.1, 0.15) is 30.1 Å². The van der Waals surface area contributed by atoms with Gasteiger partial charge >= 0.3 is 0 Å². The van der Waals surface area contributed by atoms with Crippen LogP contribution in [0.2, 0.25) is 0 Å².